The first-order valence-electron chi connectivity index (χ1n) is 9.20. The van der Waals surface area contributed by atoms with Crippen molar-refractivity contribution < 1.29 is 4.79 Å². The van der Waals surface area contributed by atoms with Crippen LogP contribution in [0.25, 0.3) is 16.5 Å². The molecule has 0 saturated carbocycles. The summed E-state index contributed by atoms with van der Waals surface area (Å²) in [6.07, 6.45) is 4.71. The van der Waals surface area contributed by atoms with Gasteiger partial charge in [-0.3, -0.25) is 9.59 Å². The summed E-state index contributed by atoms with van der Waals surface area (Å²) < 4.78 is 2.88. The van der Waals surface area contributed by atoms with Gasteiger partial charge in [-0.25, -0.2) is 14.3 Å². The van der Waals surface area contributed by atoms with Crippen molar-refractivity contribution in [1.82, 2.24) is 29.4 Å². The highest BCUT2D eigenvalue weighted by Gasteiger charge is 2.19. The van der Waals surface area contributed by atoms with Crippen LogP contribution in [-0.2, 0) is 11.3 Å². The molecule has 1 atom stereocenters. The van der Waals surface area contributed by atoms with Crippen LogP contribution < -0.4 is 5.56 Å². The fourth-order valence-corrected chi connectivity index (χ4v) is 3.17. The lowest BCUT2D eigenvalue weighted by molar-refractivity contribution is -0.132. The van der Waals surface area contributed by atoms with Gasteiger partial charge < -0.3 is 4.90 Å². The topological polar surface area (TPSA) is 85.9 Å². The van der Waals surface area contributed by atoms with Crippen LogP contribution >= 0.6 is 0 Å². The summed E-state index contributed by atoms with van der Waals surface area (Å²) in [4.78, 5) is 30.9. The van der Waals surface area contributed by atoms with Crippen LogP contribution in [0, 0.1) is 0 Å². The molecule has 0 bridgehead atoms. The van der Waals surface area contributed by atoms with Crippen molar-refractivity contribution in [3.8, 4) is 5.69 Å². The van der Waals surface area contributed by atoms with Gasteiger partial charge in [-0.1, -0.05) is 30.3 Å². The average Bonchev–Trinajstić information content (AvgIpc) is 3.30. The molecule has 146 valence electrons. The Morgan fingerprint density at radius 3 is 2.59 bits per heavy atom. The van der Waals surface area contributed by atoms with E-state index in [1.54, 1.807) is 41.3 Å². The monoisotopic (exact) mass is 388 g/mol. The fraction of sp³-hybridized carbons (Fsp3) is 0.190. The van der Waals surface area contributed by atoms with E-state index in [-0.39, 0.29) is 24.1 Å². The minimum Gasteiger partial charge on any atom is -0.337 e. The summed E-state index contributed by atoms with van der Waals surface area (Å²) in [7, 11) is 1.73. The minimum atomic E-state index is -0.269. The zero-order valence-electron chi connectivity index (χ0n) is 16.1. The number of amides is 1. The Morgan fingerprint density at radius 2 is 1.86 bits per heavy atom. The van der Waals surface area contributed by atoms with Crippen LogP contribution in [0.3, 0.4) is 0 Å². The Kier molecular flexibility index (Phi) is 4.90. The second-order valence-corrected chi connectivity index (χ2v) is 6.81. The van der Waals surface area contributed by atoms with E-state index in [1.807, 2.05) is 43.3 Å². The zero-order valence-corrected chi connectivity index (χ0v) is 16.1. The summed E-state index contributed by atoms with van der Waals surface area (Å²) in [6.45, 7) is 1.83. The van der Waals surface area contributed by atoms with Gasteiger partial charge in [0.2, 0.25) is 5.91 Å². The summed E-state index contributed by atoms with van der Waals surface area (Å²) >= 11 is 0. The van der Waals surface area contributed by atoms with Crippen molar-refractivity contribution in [3.63, 3.8) is 0 Å². The number of fused-ring (bicyclic) bond motifs is 1. The van der Waals surface area contributed by atoms with Gasteiger partial charge in [0.05, 0.1) is 23.3 Å². The van der Waals surface area contributed by atoms with Gasteiger partial charge in [-0.05, 0) is 30.7 Å². The van der Waals surface area contributed by atoms with E-state index in [1.165, 1.54) is 11.0 Å². The Balaban J connectivity index is 1.50. The van der Waals surface area contributed by atoms with Gasteiger partial charge >= 0.3 is 0 Å². The largest absolute Gasteiger partial charge is 0.337 e. The molecule has 4 aromatic rings. The molecule has 2 aromatic carbocycles. The molecule has 29 heavy (non-hydrogen) atoms. The summed E-state index contributed by atoms with van der Waals surface area (Å²) in [5.74, 6) is -0.192. The molecule has 1 amide bonds. The molecule has 0 saturated heterocycles. The smallest absolute Gasteiger partial charge is 0.275 e. The molecule has 0 N–H and O–H groups in total. The average molecular weight is 388 g/mol. The Morgan fingerprint density at radius 1 is 1.10 bits per heavy atom. The van der Waals surface area contributed by atoms with Gasteiger partial charge in [0.1, 0.15) is 19.2 Å². The summed E-state index contributed by atoms with van der Waals surface area (Å²) in [5.41, 5.74) is 1.59. The Labute approximate surface area is 167 Å². The number of hydrogen-bond acceptors (Lipinski definition) is 5. The normalized spacial score (nSPS) is 12.1. The van der Waals surface area contributed by atoms with E-state index in [0.29, 0.717) is 5.39 Å². The molecule has 0 aliphatic carbocycles. The van der Waals surface area contributed by atoms with Crippen molar-refractivity contribution in [3.05, 3.63) is 83.3 Å². The van der Waals surface area contributed by atoms with E-state index < -0.39 is 0 Å². The van der Waals surface area contributed by atoms with Crippen LogP contribution in [-0.4, -0.2) is 42.4 Å². The third-order valence-electron chi connectivity index (χ3n) is 5.08. The quantitative estimate of drug-likeness (QED) is 0.523. The number of nitrogens with zero attached hydrogens (tertiary/aromatic N) is 6. The highest BCUT2D eigenvalue weighted by molar-refractivity contribution is 5.81. The maximum atomic E-state index is 12.8. The van der Waals surface area contributed by atoms with Crippen LogP contribution in [0.15, 0.2) is 72.2 Å². The lowest BCUT2D eigenvalue weighted by Gasteiger charge is -2.25. The molecule has 0 aliphatic rings. The van der Waals surface area contributed by atoms with E-state index in [4.69, 9.17) is 0 Å². The highest BCUT2D eigenvalue weighted by Crippen LogP contribution is 2.20. The number of carbonyl (C=O) groups is 1. The predicted octanol–water partition coefficient (Wildman–Crippen LogP) is 2.20. The Bertz CT molecular complexity index is 1200. The molecule has 2 heterocycles. The number of aromatic nitrogens is 5. The first-order chi connectivity index (χ1) is 14.0. The molecule has 1 unspecified atom stereocenters. The SMILES string of the molecule is CC(c1ccc(-n2cncn2)cc1)N(C)C(=O)Cn1ncc2ccccc2c1=O. The molecule has 0 radical (unpaired) electrons. The molecule has 0 aliphatic heterocycles. The van der Waals surface area contributed by atoms with Gasteiger partial charge in [-0.2, -0.15) is 10.2 Å². The van der Waals surface area contributed by atoms with Crippen LogP contribution in [0.1, 0.15) is 18.5 Å². The maximum absolute atomic E-state index is 12.8. The van der Waals surface area contributed by atoms with Crippen molar-refractivity contribution in [2.75, 3.05) is 7.05 Å². The number of likely N-dealkylation sites (N-methyl/N-ethyl adjacent to an activating group) is 1. The van der Waals surface area contributed by atoms with Crippen molar-refractivity contribution in [2.45, 2.75) is 19.5 Å². The van der Waals surface area contributed by atoms with E-state index >= 15 is 0 Å². The second kappa shape index (κ2) is 7.67. The molecule has 8 nitrogen and oxygen atoms in total. The lowest BCUT2D eigenvalue weighted by atomic mass is 10.1. The highest BCUT2D eigenvalue weighted by atomic mass is 16.2. The van der Waals surface area contributed by atoms with Crippen LogP contribution in [0.4, 0.5) is 0 Å². The lowest BCUT2D eigenvalue weighted by Crippen LogP contribution is -2.36. The standard InChI is InChI=1S/C21H20N6O2/c1-15(16-7-9-18(10-8-16)27-14-22-13-24-27)25(2)20(28)12-26-21(29)19-6-4-3-5-17(19)11-23-26/h3-11,13-15H,12H2,1-2H3. The number of rotatable bonds is 5. The number of benzene rings is 2. The fourth-order valence-electron chi connectivity index (χ4n) is 3.17. The molecule has 2 aromatic heterocycles. The number of carbonyl (C=O) groups excluding carboxylic acids is 1. The minimum absolute atomic E-state index is 0.110. The third-order valence-corrected chi connectivity index (χ3v) is 5.08. The van der Waals surface area contributed by atoms with Crippen LogP contribution in [0.5, 0.6) is 0 Å². The maximum Gasteiger partial charge on any atom is 0.275 e. The number of hydrogen-bond donors (Lipinski definition) is 0. The second-order valence-electron chi connectivity index (χ2n) is 6.81. The first kappa shape index (κ1) is 18.5. The van der Waals surface area contributed by atoms with E-state index in [2.05, 4.69) is 15.2 Å². The molecule has 0 fully saturated rings. The van der Waals surface area contributed by atoms with E-state index in [9.17, 15) is 9.59 Å². The molecule has 8 heteroatoms. The molecule has 4 rings (SSSR count). The van der Waals surface area contributed by atoms with Gasteiger partial charge in [0.15, 0.2) is 0 Å². The Hall–Kier alpha value is -3.81. The predicted molar refractivity (Wildman–Crippen MR) is 109 cm³/mol. The van der Waals surface area contributed by atoms with Crippen molar-refractivity contribution in [2.24, 2.45) is 0 Å². The summed E-state index contributed by atoms with van der Waals surface area (Å²) in [5, 5.41) is 9.56. The zero-order chi connectivity index (χ0) is 20.4. The molecular weight excluding hydrogens is 368 g/mol. The van der Waals surface area contributed by atoms with Crippen molar-refractivity contribution in [1.29, 1.82) is 0 Å². The van der Waals surface area contributed by atoms with Gasteiger partial charge in [-0.15, -0.1) is 0 Å². The van der Waals surface area contributed by atoms with E-state index in [0.717, 1.165) is 16.6 Å². The van der Waals surface area contributed by atoms with Gasteiger partial charge in [0, 0.05) is 12.4 Å². The molecular formula is C21H20N6O2. The van der Waals surface area contributed by atoms with Gasteiger partial charge in [0.25, 0.3) is 5.56 Å². The third kappa shape index (κ3) is 3.64. The first-order valence-corrected chi connectivity index (χ1v) is 9.20. The van der Waals surface area contributed by atoms with Crippen LogP contribution in [0.2, 0.25) is 0 Å². The van der Waals surface area contributed by atoms with Crippen molar-refractivity contribution >= 4 is 16.7 Å². The molecule has 0 spiro atoms. The summed E-state index contributed by atoms with van der Waals surface area (Å²) in [6, 6.07) is 14.8.